The van der Waals surface area contributed by atoms with E-state index in [-0.39, 0.29) is 17.9 Å². The molecule has 4 rings (SSSR count). The molecule has 3 aliphatic rings. The molecule has 2 aliphatic heterocycles. The molecule has 1 aromatic carbocycles. The summed E-state index contributed by atoms with van der Waals surface area (Å²) in [6, 6.07) is 5.16. The number of benzene rings is 1. The van der Waals surface area contributed by atoms with Crippen LogP contribution >= 0.6 is 0 Å². The van der Waals surface area contributed by atoms with Crippen molar-refractivity contribution in [3.63, 3.8) is 0 Å². The normalized spacial score (nSPS) is 27.5. The van der Waals surface area contributed by atoms with Crippen molar-refractivity contribution in [1.29, 1.82) is 0 Å². The standard InChI is InChI=1S/C19H17NO6/c1-9-5-15(26-18(9)22)25-8-14-13-6-10-3-4-11(19(23)24-2)7-12(10)16(13)20-17(14)21/h3-5,7-8,13,15-16H,6H2,1-2H3,(H,20,21)/b14-8+/t13-,15+,16+/m1/s1. The van der Waals surface area contributed by atoms with Crippen LogP contribution in [0.15, 0.2) is 41.7 Å². The highest BCUT2D eigenvalue weighted by molar-refractivity contribution is 5.97. The van der Waals surface area contributed by atoms with Crippen molar-refractivity contribution in [1.82, 2.24) is 5.32 Å². The molecular formula is C19H17NO6. The van der Waals surface area contributed by atoms with Gasteiger partial charge in [-0.2, -0.15) is 0 Å². The van der Waals surface area contributed by atoms with Gasteiger partial charge in [0, 0.05) is 17.6 Å². The molecule has 134 valence electrons. The van der Waals surface area contributed by atoms with Crippen LogP contribution < -0.4 is 5.32 Å². The lowest BCUT2D eigenvalue weighted by Gasteiger charge is -2.11. The van der Waals surface area contributed by atoms with E-state index in [2.05, 4.69) is 5.32 Å². The fourth-order valence-corrected chi connectivity index (χ4v) is 3.60. The van der Waals surface area contributed by atoms with Crippen molar-refractivity contribution < 1.29 is 28.6 Å². The molecule has 1 aliphatic carbocycles. The third-order valence-corrected chi connectivity index (χ3v) is 4.95. The lowest BCUT2D eigenvalue weighted by Crippen LogP contribution is -2.19. The second-order valence-electron chi connectivity index (χ2n) is 6.50. The molecule has 1 N–H and O–H groups in total. The van der Waals surface area contributed by atoms with E-state index in [1.165, 1.54) is 13.4 Å². The number of amides is 1. The van der Waals surface area contributed by atoms with Gasteiger partial charge < -0.3 is 19.5 Å². The van der Waals surface area contributed by atoms with Crippen molar-refractivity contribution in [2.24, 2.45) is 5.92 Å². The minimum absolute atomic E-state index is 0.0902. The fourth-order valence-electron chi connectivity index (χ4n) is 3.60. The van der Waals surface area contributed by atoms with Gasteiger partial charge in [0.25, 0.3) is 12.2 Å². The van der Waals surface area contributed by atoms with Crippen molar-refractivity contribution in [2.75, 3.05) is 7.11 Å². The number of hydrogen-bond acceptors (Lipinski definition) is 6. The Kier molecular flexibility index (Phi) is 3.79. The predicted molar refractivity (Wildman–Crippen MR) is 88.7 cm³/mol. The van der Waals surface area contributed by atoms with Crippen LogP contribution in [0.4, 0.5) is 0 Å². The summed E-state index contributed by atoms with van der Waals surface area (Å²) in [4.78, 5) is 35.5. The van der Waals surface area contributed by atoms with Crippen LogP contribution in [-0.4, -0.2) is 31.2 Å². The minimum atomic E-state index is -0.809. The molecule has 0 aromatic heterocycles. The van der Waals surface area contributed by atoms with Crippen LogP contribution in [0.3, 0.4) is 0 Å². The summed E-state index contributed by atoms with van der Waals surface area (Å²) >= 11 is 0. The van der Waals surface area contributed by atoms with Crippen LogP contribution in [0.2, 0.25) is 0 Å². The SMILES string of the molecule is COC(=O)c1ccc2c(c1)[C@@H]1NC(=O)/C(=C/O[C@@H]3C=C(C)C(=O)O3)[C@H]1C2. The zero-order valence-corrected chi connectivity index (χ0v) is 14.3. The van der Waals surface area contributed by atoms with Gasteiger partial charge in [0.05, 0.1) is 30.6 Å². The maximum atomic E-state index is 12.3. The summed E-state index contributed by atoms with van der Waals surface area (Å²) in [6.07, 6.45) is 2.79. The highest BCUT2D eigenvalue weighted by Gasteiger charge is 2.44. The molecule has 1 amide bonds. The molecule has 0 radical (unpaired) electrons. The van der Waals surface area contributed by atoms with E-state index in [1.54, 1.807) is 25.1 Å². The van der Waals surface area contributed by atoms with Gasteiger partial charge in [-0.1, -0.05) is 6.07 Å². The first kappa shape index (κ1) is 16.4. The van der Waals surface area contributed by atoms with Gasteiger partial charge in [-0.3, -0.25) is 4.79 Å². The van der Waals surface area contributed by atoms with Crippen LogP contribution in [0.1, 0.15) is 34.5 Å². The van der Waals surface area contributed by atoms with Crippen molar-refractivity contribution in [3.8, 4) is 0 Å². The number of methoxy groups -OCH3 is 1. The Bertz CT molecular complexity index is 884. The minimum Gasteiger partial charge on any atom is -0.465 e. The summed E-state index contributed by atoms with van der Waals surface area (Å²) < 4.78 is 15.2. The van der Waals surface area contributed by atoms with Crippen LogP contribution in [0.5, 0.6) is 0 Å². The molecule has 2 heterocycles. The first-order valence-electron chi connectivity index (χ1n) is 8.25. The molecule has 1 aromatic rings. The summed E-state index contributed by atoms with van der Waals surface area (Å²) in [5, 5.41) is 2.94. The molecule has 0 unspecified atom stereocenters. The molecular weight excluding hydrogens is 338 g/mol. The molecule has 1 fully saturated rings. The van der Waals surface area contributed by atoms with Crippen molar-refractivity contribution >= 4 is 17.8 Å². The second-order valence-corrected chi connectivity index (χ2v) is 6.50. The highest BCUT2D eigenvalue weighted by Crippen LogP contribution is 2.44. The van der Waals surface area contributed by atoms with Gasteiger partial charge in [-0.25, -0.2) is 9.59 Å². The average molecular weight is 355 g/mol. The molecule has 7 nitrogen and oxygen atoms in total. The lowest BCUT2D eigenvalue weighted by molar-refractivity contribution is -0.152. The molecule has 0 saturated carbocycles. The second kappa shape index (κ2) is 6.01. The maximum absolute atomic E-state index is 12.3. The molecule has 7 heteroatoms. The number of ether oxygens (including phenoxy) is 3. The van der Waals surface area contributed by atoms with E-state index in [1.807, 2.05) is 6.07 Å². The van der Waals surface area contributed by atoms with E-state index >= 15 is 0 Å². The first-order chi connectivity index (χ1) is 12.5. The van der Waals surface area contributed by atoms with E-state index in [0.29, 0.717) is 23.1 Å². The topological polar surface area (TPSA) is 90.9 Å². The zero-order chi connectivity index (χ0) is 18.4. The quantitative estimate of drug-likeness (QED) is 0.503. The predicted octanol–water partition coefficient (Wildman–Crippen LogP) is 1.55. The van der Waals surface area contributed by atoms with Gasteiger partial charge >= 0.3 is 11.9 Å². The van der Waals surface area contributed by atoms with Crippen molar-refractivity contribution in [2.45, 2.75) is 25.7 Å². The Morgan fingerprint density at radius 1 is 1.35 bits per heavy atom. The monoisotopic (exact) mass is 355 g/mol. The average Bonchev–Trinajstić information content (AvgIpc) is 3.24. The summed E-state index contributed by atoms with van der Waals surface area (Å²) in [7, 11) is 1.33. The molecule has 0 bridgehead atoms. The number of cyclic esters (lactones) is 1. The third kappa shape index (κ3) is 2.56. The Labute approximate surface area is 149 Å². The van der Waals surface area contributed by atoms with Gasteiger partial charge in [0.15, 0.2) is 0 Å². The van der Waals surface area contributed by atoms with E-state index in [4.69, 9.17) is 14.2 Å². The Balaban J connectivity index is 1.56. The van der Waals surface area contributed by atoms with Crippen LogP contribution in [0, 0.1) is 5.92 Å². The molecule has 1 saturated heterocycles. The number of carbonyl (C=O) groups excluding carboxylic acids is 3. The smallest absolute Gasteiger partial charge is 0.337 e. The van der Waals surface area contributed by atoms with Crippen LogP contribution in [0.25, 0.3) is 0 Å². The lowest BCUT2D eigenvalue weighted by atomic mass is 9.97. The van der Waals surface area contributed by atoms with E-state index in [9.17, 15) is 14.4 Å². The van der Waals surface area contributed by atoms with E-state index < -0.39 is 18.2 Å². The maximum Gasteiger partial charge on any atom is 0.337 e. The van der Waals surface area contributed by atoms with Gasteiger partial charge in [-0.15, -0.1) is 0 Å². The number of carbonyl (C=O) groups is 3. The zero-order valence-electron chi connectivity index (χ0n) is 14.3. The number of hydrogen-bond donors (Lipinski definition) is 1. The largest absolute Gasteiger partial charge is 0.465 e. The number of esters is 2. The summed E-state index contributed by atoms with van der Waals surface area (Å²) in [6.45, 7) is 1.64. The number of fused-ring (bicyclic) bond motifs is 3. The summed E-state index contributed by atoms with van der Waals surface area (Å²) in [5.74, 6) is -1.15. The van der Waals surface area contributed by atoms with Gasteiger partial charge in [0.2, 0.25) is 0 Å². The Morgan fingerprint density at radius 3 is 2.85 bits per heavy atom. The molecule has 3 atom stereocenters. The van der Waals surface area contributed by atoms with Gasteiger partial charge in [-0.05, 0) is 36.6 Å². The summed E-state index contributed by atoms with van der Waals surface area (Å²) in [5.41, 5.74) is 3.41. The molecule has 0 spiro atoms. The van der Waals surface area contributed by atoms with E-state index in [0.717, 1.165) is 11.1 Å². The Morgan fingerprint density at radius 2 is 2.15 bits per heavy atom. The Hall–Kier alpha value is -3.09. The number of nitrogens with one attached hydrogen (secondary N) is 1. The van der Waals surface area contributed by atoms with Crippen molar-refractivity contribution in [3.05, 3.63) is 58.4 Å². The first-order valence-corrected chi connectivity index (χ1v) is 8.25. The highest BCUT2D eigenvalue weighted by atomic mass is 16.7. The third-order valence-electron chi connectivity index (χ3n) is 4.95. The molecule has 26 heavy (non-hydrogen) atoms. The number of rotatable bonds is 3. The van der Waals surface area contributed by atoms with Crippen LogP contribution in [-0.2, 0) is 30.2 Å². The fraction of sp³-hybridized carbons (Fsp3) is 0.316. The van der Waals surface area contributed by atoms with Gasteiger partial charge in [0.1, 0.15) is 0 Å².